The van der Waals surface area contributed by atoms with E-state index in [2.05, 4.69) is 11.6 Å². The Kier molecular flexibility index (Phi) is 3.88. The fourth-order valence-corrected chi connectivity index (χ4v) is 3.23. The molecule has 2 heterocycles. The minimum absolute atomic E-state index is 0.222. The first-order chi connectivity index (χ1) is 10.8. The molecule has 0 saturated heterocycles. The van der Waals surface area contributed by atoms with Gasteiger partial charge in [-0.2, -0.15) is 0 Å². The molecule has 0 spiro atoms. The largest absolute Gasteiger partial charge is 0.444 e. The smallest absolute Gasteiger partial charge is 0.411 e. The van der Waals surface area contributed by atoms with Crippen LogP contribution in [-0.4, -0.2) is 28.1 Å². The first kappa shape index (κ1) is 15.9. The standard InChI is InChI=1S/C18H21ClN2O2/c1-5-15-16-12(13-10-11(19)6-7-14(13)20-16)8-9-21(15)17(22)23-18(2,3)4/h5-7,10,15,20H,1,8-9H2,2-4H3. The number of nitrogens with one attached hydrogen (secondary N) is 1. The Morgan fingerprint density at radius 3 is 2.87 bits per heavy atom. The summed E-state index contributed by atoms with van der Waals surface area (Å²) < 4.78 is 5.52. The molecule has 4 nitrogen and oxygen atoms in total. The van der Waals surface area contributed by atoms with Crippen molar-refractivity contribution in [2.75, 3.05) is 6.54 Å². The normalized spacial score (nSPS) is 17.9. The number of carbonyl (C=O) groups excluding carboxylic acids is 1. The van der Waals surface area contributed by atoms with Crippen LogP contribution in [0.25, 0.3) is 10.9 Å². The number of fused-ring (bicyclic) bond motifs is 3. The van der Waals surface area contributed by atoms with Crippen LogP contribution >= 0.6 is 11.6 Å². The molecular formula is C18H21ClN2O2. The maximum atomic E-state index is 12.5. The van der Waals surface area contributed by atoms with Gasteiger partial charge in [0.05, 0.1) is 6.04 Å². The van der Waals surface area contributed by atoms with E-state index in [4.69, 9.17) is 16.3 Å². The Morgan fingerprint density at radius 1 is 1.48 bits per heavy atom. The van der Waals surface area contributed by atoms with E-state index < -0.39 is 5.60 Å². The van der Waals surface area contributed by atoms with Crippen LogP contribution in [0.3, 0.4) is 0 Å². The van der Waals surface area contributed by atoms with E-state index in [-0.39, 0.29) is 12.1 Å². The highest BCUT2D eigenvalue weighted by atomic mass is 35.5. The monoisotopic (exact) mass is 332 g/mol. The molecule has 3 rings (SSSR count). The average molecular weight is 333 g/mol. The van der Waals surface area contributed by atoms with Crippen LogP contribution in [-0.2, 0) is 11.2 Å². The van der Waals surface area contributed by atoms with Gasteiger partial charge in [0, 0.05) is 28.2 Å². The van der Waals surface area contributed by atoms with E-state index in [1.54, 1.807) is 11.0 Å². The van der Waals surface area contributed by atoms with Crippen molar-refractivity contribution in [2.24, 2.45) is 0 Å². The number of rotatable bonds is 1. The lowest BCUT2D eigenvalue weighted by Gasteiger charge is -2.35. The highest BCUT2D eigenvalue weighted by Gasteiger charge is 2.34. The van der Waals surface area contributed by atoms with E-state index in [0.29, 0.717) is 11.6 Å². The summed E-state index contributed by atoms with van der Waals surface area (Å²) in [5, 5.41) is 1.83. The number of aromatic nitrogens is 1. The van der Waals surface area contributed by atoms with Gasteiger partial charge in [-0.3, -0.25) is 4.90 Å². The van der Waals surface area contributed by atoms with Gasteiger partial charge in [0.1, 0.15) is 5.60 Å². The number of hydrogen-bond donors (Lipinski definition) is 1. The fraction of sp³-hybridized carbons (Fsp3) is 0.389. The lowest BCUT2D eigenvalue weighted by Crippen LogP contribution is -2.42. The highest BCUT2D eigenvalue weighted by molar-refractivity contribution is 6.31. The zero-order chi connectivity index (χ0) is 16.8. The Labute approximate surface area is 141 Å². The second kappa shape index (κ2) is 5.60. The third kappa shape index (κ3) is 2.95. The quantitative estimate of drug-likeness (QED) is 0.759. The molecule has 1 aliphatic rings. The lowest BCUT2D eigenvalue weighted by molar-refractivity contribution is 0.0182. The first-order valence-electron chi connectivity index (χ1n) is 7.72. The molecule has 1 aromatic heterocycles. The summed E-state index contributed by atoms with van der Waals surface area (Å²) in [5.74, 6) is 0. The van der Waals surface area contributed by atoms with Crippen molar-refractivity contribution in [3.05, 3.63) is 47.1 Å². The number of hydrogen-bond acceptors (Lipinski definition) is 2. The number of amides is 1. The van der Waals surface area contributed by atoms with Crippen LogP contribution in [0.5, 0.6) is 0 Å². The molecule has 23 heavy (non-hydrogen) atoms. The molecule has 1 atom stereocenters. The Bertz CT molecular complexity index is 773. The van der Waals surface area contributed by atoms with Gasteiger partial charge in [-0.15, -0.1) is 6.58 Å². The molecule has 1 amide bonds. The van der Waals surface area contributed by atoms with Crippen molar-refractivity contribution >= 4 is 28.6 Å². The number of nitrogens with zero attached hydrogens (tertiary/aromatic N) is 1. The Hall–Kier alpha value is -1.94. The first-order valence-corrected chi connectivity index (χ1v) is 8.10. The van der Waals surface area contributed by atoms with Crippen molar-refractivity contribution in [1.82, 2.24) is 9.88 Å². The van der Waals surface area contributed by atoms with Crippen molar-refractivity contribution in [2.45, 2.75) is 38.8 Å². The summed E-state index contributed by atoms with van der Waals surface area (Å²) in [6, 6.07) is 5.57. The number of benzene rings is 1. The predicted molar refractivity (Wildman–Crippen MR) is 92.9 cm³/mol. The lowest BCUT2D eigenvalue weighted by atomic mass is 9.97. The molecule has 5 heteroatoms. The minimum atomic E-state index is -0.517. The summed E-state index contributed by atoms with van der Waals surface area (Å²) in [7, 11) is 0. The molecule has 122 valence electrons. The minimum Gasteiger partial charge on any atom is -0.444 e. The van der Waals surface area contributed by atoms with Gasteiger partial charge in [0.2, 0.25) is 0 Å². The van der Waals surface area contributed by atoms with E-state index in [9.17, 15) is 4.79 Å². The molecule has 0 radical (unpaired) electrons. The van der Waals surface area contributed by atoms with E-state index in [0.717, 1.165) is 23.0 Å². The number of H-pyrrole nitrogens is 1. The molecule has 0 fully saturated rings. The number of ether oxygens (including phenoxy) is 1. The van der Waals surface area contributed by atoms with Crippen LogP contribution < -0.4 is 0 Å². The topological polar surface area (TPSA) is 45.3 Å². The third-order valence-electron chi connectivity index (χ3n) is 3.99. The molecule has 1 N–H and O–H groups in total. The van der Waals surface area contributed by atoms with Crippen LogP contribution in [0.4, 0.5) is 4.79 Å². The van der Waals surface area contributed by atoms with E-state index >= 15 is 0 Å². The maximum Gasteiger partial charge on any atom is 0.411 e. The third-order valence-corrected chi connectivity index (χ3v) is 4.22. The van der Waals surface area contributed by atoms with E-state index in [1.165, 1.54) is 5.56 Å². The molecule has 0 saturated carbocycles. The SMILES string of the molecule is C=CC1c2[nH]c3ccc(Cl)cc3c2CCN1C(=O)OC(C)(C)C. The van der Waals surface area contributed by atoms with Crippen LogP contribution in [0.1, 0.15) is 38.1 Å². The van der Waals surface area contributed by atoms with Crippen molar-refractivity contribution in [3.63, 3.8) is 0 Å². The predicted octanol–water partition coefficient (Wildman–Crippen LogP) is 4.84. The Morgan fingerprint density at radius 2 is 2.22 bits per heavy atom. The summed E-state index contributed by atoms with van der Waals surface area (Å²) in [4.78, 5) is 17.6. The van der Waals surface area contributed by atoms with Gasteiger partial charge in [0.25, 0.3) is 0 Å². The van der Waals surface area contributed by atoms with Crippen molar-refractivity contribution in [3.8, 4) is 0 Å². The van der Waals surface area contributed by atoms with Gasteiger partial charge in [-0.05, 0) is 51.0 Å². The fourth-order valence-electron chi connectivity index (χ4n) is 3.06. The van der Waals surface area contributed by atoms with Crippen LogP contribution in [0.2, 0.25) is 5.02 Å². The summed E-state index contributed by atoms with van der Waals surface area (Å²) in [6.45, 7) is 10.1. The molecule has 0 aliphatic carbocycles. The molecule has 0 bridgehead atoms. The van der Waals surface area contributed by atoms with Gasteiger partial charge in [-0.25, -0.2) is 4.79 Å². The van der Waals surface area contributed by atoms with Crippen molar-refractivity contribution < 1.29 is 9.53 Å². The number of halogens is 1. The van der Waals surface area contributed by atoms with E-state index in [1.807, 2.05) is 39.0 Å². The number of aromatic amines is 1. The zero-order valence-corrected chi connectivity index (χ0v) is 14.4. The molecular weight excluding hydrogens is 312 g/mol. The second-order valence-electron chi connectivity index (χ2n) is 6.81. The van der Waals surface area contributed by atoms with Gasteiger partial charge in [0.15, 0.2) is 0 Å². The van der Waals surface area contributed by atoms with Gasteiger partial charge < -0.3 is 9.72 Å². The average Bonchev–Trinajstić information content (AvgIpc) is 2.82. The van der Waals surface area contributed by atoms with Crippen LogP contribution in [0.15, 0.2) is 30.9 Å². The Balaban J connectivity index is 2.00. The van der Waals surface area contributed by atoms with Crippen LogP contribution in [0, 0.1) is 0 Å². The molecule has 2 aromatic rings. The van der Waals surface area contributed by atoms with Crippen molar-refractivity contribution in [1.29, 1.82) is 0 Å². The highest BCUT2D eigenvalue weighted by Crippen LogP contribution is 2.36. The summed E-state index contributed by atoms with van der Waals surface area (Å²) >= 11 is 6.12. The zero-order valence-electron chi connectivity index (χ0n) is 13.6. The van der Waals surface area contributed by atoms with Gasteiger partial charge in [-0.1, -0.05) is 17.7 Å². The molecule has 1 aromatic carbocycles. The summed E-state index contributed by atoms with van der Waals surface area (Å²) in [5.41, 5.74) is 2.70. The number of carbonyl (C=O) groups is 1. The second-order valence-corrected chi connectivity index (χ2v) is 7.25. The van der Waals surface area contributed by atoms with Gasteiger partial charge >= 0.3 is 6.09 Å². The maximum absolute atomic E-state index is 12.5. The summed E-state index contributed by atoms with van der Waals surface area (Å²) in [6.07, 6.45) is 2.22. The molecule has 1 aliphatic heterocycles. The molecule has 1 unspecified atom stereocenters.